The van der Waals surface area contributed by atoms with Crippen LogP contribution >= 0.6 is 0 Å². The van der Waals surface area contributed by atoms with Crippen molar-refractivity contribution in [1.29, 1.82) is 0 Å². The second-order valence-electron chi connectivity index (χ2n) is 6.40. The zero-order valence-corrected chi connectivity index (χ0v) is 14.8. The van der Waals surface area contributed by atoms with Gasteiger partial charge in [0, 0.05) is 31.7 Å². The van der Waals surface area contributed by atoms with Crippen LogP contribution in [0.25, 0.3) is 6.08 Å². The minimum absolute atomic E-state index is 0.151. The van der Waals surface area contributed by atoms with Crippen molar-refractivity contribution >= 4 is 23.6 Å². The molecule has 1 aliphatic heterocycles. The molecule has 0 aliphatic carbocycles. The number of carbonyl (C=O) groups excluding carboxylic acids is 2. The minimum Gasteiger partial charge on any atom is -0.380 e. The molecule has 5 nitrogen and oxygen atoms in total. The number of likely N-dealkylation sites (tertiary alicyclic amines) is 1. The topological polar surface area (TPSA) is 61.4 Å². The molecule has 0 aromatic heterocycles. The highest BCUT2D eigenvalue weighted by Gasteiger charge is 2.28. The van der Waals surface area contributed by atoms with E-state index in [9.17, 15) is 9.59 Å². The summed E-state index contributed by atoms with van der Waals surface area (Å²) in [5.41, 5.74) is 2.24. The first-order valence-corrected chi connectivity index (χ1v) is 8.77. The average molecular weight is 349 g/mol. The number of rotatable bonds is 5. The van der Waals surface area contributed by atoms with Gasteiger partial charge in [-0.1, -0.05) is 48.5 Å². The van der Waals surface area contributed by atoms with Crippen molar-refractivity contribution in [3.63, 3.8) is 0 Å². The number of nitrogens with zero attached hydrogens (tertiary/aromatic N) is 1. The molecule has 2 amide bonds. The molecular weight excluding hydrogens is 326 g/mol. The Morgan fingerprint density at radius 3 is 2.35 bits per heavy atom. The maximum atomic E-state index is 12.9. The van der Waals surface area contributed by atoms with E-state index < -0.39 is 0 Å². The molecule has 1 unspecified atom stereocenters. The molecule has 1 aliphatic rings. The van der Waals surface area contributed by atoms with Gasteiger partial charge in [0.15, 0.2) is 0 Å². The summed E-state index contributed by atoms with van der Waals surface area (Å²) in [5, 5.41) is 6.13. The SMILES string of the molecule is CC(=O)N/C(=C/c1ccccc1)C(=O)N1CCC(Nc2ccccc2)C1. The van der Waals surface area contributed by atoms with Crippen LogP contribution in [0.1, 0.15) is 18.9 Å². The lowest BCUT2D eigenvalue weighted by Crippen LogP contribution is -2.37. The fourth-order valence-electron chi connectivity index (χ4n) is 3.06. The van der Waals surface area contributed by atoms with Crippen LogP contribution in [0, 0.1) is 0 Å². The Bertz CT molecular complexity index is 787. The van der Waals surface area contributed by atoms with Gasteiger partial charge in [0.25, 0.3) is 5.91 Å². The number of nitrogens with one attached hydrogen (secondary N) is 2. The van der Waals surface area contributed by atoms with Gasteiger partial charge in [0.2, 0.25) is 5.91 Å². The second kappa shape index (κ2) is 8.34. The molecule has 26 heavy (non-hydrogen) atoms. The predicted molar refractivity (Wildman–Crippen MR) is 103 cm³/mol. The van der Waals surface area contributed by atoms with E-state index in [-0.39, 0.29) is 17.9 Å². The molecule has 1 heterocycles. The maximum Gasteiger partial charge on any atom is 0.270 e. The largest absolute Gasteiger partial charge is 0.380 e. The van der Waals surface area contributed by atoms with Crippen LogP contribution < -0.4 is 10.6 Å². The van der Waals surface area contributed by atoms with E-state index in [2.05, 4.69) is 10.6 Å². The molecule has 0 saturated carbocycles. The van der Waals surface area contributed by atoms with Gasteiger partial charge < -0.3 is 15.5 Å². The fraction of sp³-hybridized carbons (Fsp3) is 0.238. The van der Waals surface area contributed by atoms with Crippen LogP contribution in [0.15, 0.2) is 66.4 Å². The molecule has 0 bridgehead atoms. The summed E-state index contributed by atoms with van der Waals surface area (Å²) in [5.74, 6) is -0.403. The van der Waals surface area contributed by atoms with Crippen molar-refractivity contribution in [2.75, 3.05) is 18.4 Å². The molecule has 134 valence electrons. The van der Waals surface area contributed by atoms with Crippen molar-refractivity contribution in [2.45, 2.75) is 19.4 Å². The van der Waals surface area contributed by atoms with Crippen LogP contribution in [-0.2, 0) is 9.59 Å². The highest BCUT2D eigenvalue weighted by Crippen LogP contribution is 2.18. The van der Waals surface area contributed by atoms with Crippen molar-refractivity contribution in [3.05, 3.63) is 71.9 Å². The number of amides is 2. The quantitative estimate of drug-likeness (QED) is 0.816. The van der Waals surface area contributed by atoms with Gasteiger partial charge in [-0.05, 0) is 30.2 Å². The lowest BCUT2D eigenvalue weighted by Gasteiger charge is -2.19. The summed E-state index contributed by atoms with van der Waals surface area (Å²) in [6, 6.07) is 19.7. The van der Waals surface area contributed by atoms with E-state index in [0.29, 0.717) is 18.8 Å². The normalized spacial score (nSPS) is 17.0. The molecule has 2 N–H and O–H groups in total. The first-order chi connectivity index (χ1) is 12.6. The molecular formula is C21H23N3O2. The lowest BCUT2D eigenvalue weighted by molar-refractivity contribution is -0.128. The molecule has 3 rings (SSSR count). The third-order valence-electron chi connectivity index (χ3n) is 4.27. The molecule has 5 heteroatoms. The van der Waals surface area contributed by atoms with E-state index in [1.54, 1.807) is 11.0 Å². The summed E-state index contributed by atoms with van der Waals surface area (Å²) in [6.07, 6.45) is 2.60. The Kier molecular flexibility index (Phi) is 5.69. The van der Waals surface area contributed by atoms with Crippen LogP contribution in [0.4, 0.5) is 5.69 Å². The number of benzene rings is 2. The monoisotopic (exact) mass is 349 g/mol. The molecule has 2 aromatic carbocycles. The number of hydrogen-bond donors (Lipinski definition) is 2. The van der Waals surface area contributed by atoms with Crippen LogP contribution in [-0.4, -0.2) is 35.8 Å². The van der Waals surface area contributed by atoms with E-state index >= 15 is 0 Å². The summed E-state index contributed by atoms with van der Waals surface area (Å²) in [6.45, 7) is 2.68. The Balaban J connectivity index is 1.69. The summed E-state index contributed by atoms with van der Waals surface area (Å²) < 4.78 is 0. The van der Waals surface area contributed by atoms with E-state index in [1.165, 1.54) is 6.92 Å². The average Bonchev–Trinajstić information content (AvgIpc) is 3.10. The Morgan fingerprint density at radius 2 is 1.69 bits per heavy atom. The zero-order valence-electron chi connectivity index (χ0n) is 14.8. The third kappa shape index (κ3) is 4.72. The van der Waals surface area contributed by atoms with Gasteiger partial charge in [-0.15, -0.1) is 0 Å². The van der Waals surface area contributed by atoms with E-state index in [1.807, 2.05) is 60.7 Å². The first kappa shape index (κ1) is 17.7. The summed E-state index contributed by atoms with van der Waals surface area (Å²) in [7, 11) is 0. The highest BCUT2D eigenvalue weighted by molar-refractivity contribution is 6.01. The number of hydrogen-bond acceptors (Lipinski definition) is 3. The van der Waals surface area contributed by atoms with Crippen molar-refractivity contribution in [3.8, 4) is 0 Å². The van der Waals surface area contributed by atoms with Gasteiger partial charge in [0.1, 0.15) is 5.70 Å². The van der Waals surface area contributed by atoms with Crippen molar-refractivity contribution < 1.29 is 9.59 Å². The Hall–Kier alpha value is -3.08. The summed E-state index contributed by atoms with van der Waals surface area (Å²) >= 11 is 0. The smallest absolute Gasteiger partial charge is 0.270 e. The fourth-order valence-corrected chi connectivity index (χ4v) is 3.06. The van der Waals surface area contributed by atoms with E-state index in [0.717, 1.165) is 17.7 Å². The summed E-state index contributed by atoms with van der Waals surface area (Å²) in [4.78, 5) is 26.2. The van der Waals surface area contributed by atoms with E-state index in [4.69, 9.17) is 0 Å². The molecule has 1 fully saturated rings. The number of anilines is 1. The third-order valence-corrected chi connectivity index (χ3v) is 4.27. The first-order valence-electron chi connectivity index (χ1n) is 8.77. The molecule has 2 aromatic rings. The number of carbonyl (C=O) groups is 2. The van der Waals surface area contributed by atoms with Crippen molar-refractivity contribution in [2.24, 2.45) is 0 Å². The van der Waals surface area contributed by atoms with Crippen LogP contribution in [0.2, 0.25) is 0 Å². The van der Waals surface area contributed by atoms with Crippen LogP contribution in [0.3, 0.4) is 0 Å². The molecule has 0 spiro atoms. The standard InChI is InChI=1S/C21H23N3O2/c1-16(25)22-20(14-17-8-4-2-5-9-17)21(26)24-13-12-19(15-24)23-18-10-6-3-7-11-18/h2-11,14,19,23H,12-13,15H2,1H3,(H,22,25)/b20-14+. The lowest BCUT2D eigenvalue weighted by atomic mass is 10.2. The van der Waals surface area contributed by atoms with Gasteiger partial charge in [-0.2, -0.15) is 0 Å². The van der Waals surface area contributed by atoms with Gasteiger partial charge in [-0.3, -0.25) is 9.59 Å². The number of para-hydroxylation sites is 1. The Morgan fingerprint density at radius 1 is 1.04 bits per heavy atom. The maximum absolute atomic E-state index is 12.9. The highest BCUT2D eigenvalue weighted by atomic mass is 16.2. The van der Waals surface area contributed by atoms with Gasteiger partial charge in [-0.25, -0.2) is 0 Å². The van der Waals surface area contributed by atoms with Crippen LogP contribution in [0.5, 0.6) is 0 Å². The Labute approximate surface area is 153 Å². The second-order valence-corrected chi connectivity index (χ2v) is 6.40. The minimum atomic E-state index is -0.251. The molecule has 1 saturated heterocycles. The molecule has 0 radical (unpaired) electrons. The van der Waals surface area contributed by atoms with Gasteiger partial charge in [0.05, 0.1) is 0 Å². The zero-order chi connectivity index (χ0) is 18.4. The van der Waals surface area contributed by atoms with Crippen molar-refractivity contribution in [1.82, 2.24) is 10.2 Å². The molecule has 1 atom stereocenters. The van der Waals surface area contributed by atoms with Gasteiger partial charge >= 0.3 is 0 Å². The predicted octanol–water partition coefficient (Wildman–Crippen LogP) is 2.88.